The highest BCUT2D eigenvalue weighted by Crippen LogP contribution is 2.09. The van der Waals surface area contributed by atoms with Crippen molar-refractivity contribution in [3.8, 4) is 0 Å². The Balaban J connectivity index is 3.39. The molecule has 0 aliphatic carbocycles. The lowest BCUT2D eigenvalue weighted by Crippen LogP contribution is -2.13. The first kappa shape index (κ1) is 9.63. The Morgan fingerprint density at radius 2 is 2.00 bits per heavy atom. The average molecular weight is 144 g/mol. The van der Waals surface area contributed by atoms with Gasteiger partial charge in [-0.3, -0.25) is 0 Å². The van der Waals surface area contributed by atoms with Crippen LogP contribution in [0.2, 0.25) is 0 Å². The lowest BCUT2D eigenvalue weighted by atomic mass is 9.99. The van der Waals surface area contributed by atoms with Crippen LogP contribution in [-0.2, 0) is 4.79 Å². The summed E-state index contributed by atoms with van der Waals surface area (Å²) in [7, 11) is 0. The molecule has 0 saturated carbocycles. The summed E-state index contributed by atoms with van der Waals surface area (Å²) in [4.78, 5) is 10.5. The third-order valence-electron chi connectivity index (χ3n) is 1.78. The van der Waals surface area contributed by atoms with Gasteiger partial charge in [-0.15, -0.1) is 0 Å². The Hall–Kier alpha value is -0.370. The number of carbonyl (C=O) groups excluding carboxylic acids is 1. The summed E-state index contributed by atoms with van der Waals surface area (Å²) in [5, 5.41) is 9.02. The van der Waals surface area contributed by atoms with Crippen molar-refractivity contribution in [3.63, 3.8) is 0 Å². The van der Waals surface area contributed by atoms with Crippen LogP contribution in [0.5, 0.6) is 0 Å². The lowest BCUT2D eigenvalue weighted by Gasteiger charge is -2.12. The van der Waals surface area contributed by atoms with Crippen molar-refractivity contribution in [1.82, 2.24) is 0 Å². The van der Waals surface area contributed by atoms with Gasteiger partial charge in [0.25, 0.3) is 0 Å². The second kappa shape index (κ2) is 4.45. The molecule has 60 valence electrons. The third kappa shape index (κ3) is 4.50. The summed E-state index contributed by atoms with van der Waals surface area (Å²) < 4.78 is 0. The Morgan fingerprint density at radius 3 is 2.30 bits per heavy atom. The molecule has 0 aliphatic heterocycles. The normalized spacial score (nSPS) is 16.4. The van der Waals surface area contributed by atoms with Crippen LogP contribution in [0, 0.1) is 5.92 Å². The molecule has 0 radical (unpaired) electrons. The summed E-state index contributed by atoms with van der Waals surface area (Å²) in [5.74, 6) is 0.441. The van der Waals surface area contributed by atoms with Crippen LogP contribution >= 0.6 is 0 Å². The maximum atomic E-state index is 10.5. The highest BCUT2D eigenvalue weighted by atomic mass is 16.3. The Bertz CT molecular complexity index is 108. The molecule has 0 aromatic heterocycles. The zero-order chi connectivity index (χ0) is 8.15. The van der Waals surface area contributed by atoms with Gasteiger partial charge in [-0.05, 0) is 26.2 Å². The van der Waals surface area contributed by atoms with Crippen molar-refractivity contribution in [2.75, 3.05) is 0 Å². The lowest BCUT2D eigenvalue weighted by molar-refractivity contribution is -0.117. The summed E-state index contributed by atoms with van der Waals surface area (Å²) in [6.07, 6.45) is 1.10. The molecule has 0 heterocycles. The molecule has 10 heavy (non-hydrogen) atoms. The smallest absolute Gasteiger partial charge is 0.129 e. The molecule has 1 N–H and O–H groups in total. The SMILES string of the molecule is CC(=O)CC[C@@H](C)[C@@H](C)O. The molecule has 0 aliphatic rings. The van der Waals surface area contributed by atoms with Crippen LogP contribution in [0.1, 0.15) is 33.6 Å². The van der Waals surface area contributed by atoms with E-state index in [1.54, 1.807) is 13.8 Å². The number of aliphatic hydroxyl groups excluding tert-OH is 1. The van der Waals surface area contributed by atoms with Crippen LogP contribution in [0.3, 0.4) is 0 Å². The average Bonchev–Trinajstić information content (AvgIpc) is 1.82. The zero-order valence-electron chi connectivity index (χ0n) is 6.92. The van der Waals surface area contributed by atoms with E-state index in [-0.39, 0.29) is 17.8 Å². The molecule has 0 spiro atoms. The van der Waals surface area contributed by atoms with Gasteiger partial charge in [0.15, 0.2) is 0 Å². The first-order valence-electron chi connectivity index (χ1n) is 3.71. The molecule has 0 rings (SSSR count). The molecular weight excluding hydrogens is 128 g/mol. The number of aliphatic hydroxyl groups is 1. The van der Waals surface area contributed by atoms with Crippen molar-refractivity contribution in [3.05, 3.63) is 0 Å². The fourth-order valence-corrected chi connectivity index (χ4v) is 0.672. The molecule has 2 heteroatoms. The monoisotopic (exact) mass is 144 g/mol. The maximum absolute atomic E-state index is 10.5. The third-order valence-corrected chi connectivity index (χ3v) is 1.78. The minimum atomic E-state index is -0.292. The number of ketones is 1. The largest absolute Gasteiger partial charge is 0.393 e. The molecule has 0 aromatic carbocycles. The number of carbonyl (C=O) groups is 1. The van der Waals surface area contributed by atoms with E-state index in [0.717, 1.165) is 6.42 Å². The predicted molar refractivity (Wildman–Crippen MR) is 40.8 cm³/mol. The molecule has 0 bridgehead atoms. The van der Waals surface area contributed by atoms with E-state index < -0.39 is 0 Å². The zero-order valence-corrected chi connectivity index (χ0v) is 6.92. The number of Topliss-reactive ketones (excluding diaryl/α,β-unsaturated/α-hetero) is 1. The van der Waals surface area contributed by atoms with Crippen molar-refractivity contribution in [2.45, 2.75) is 39.7 Å². The van der Waals surface area contributed by atoms with Gasteiger partial charge in [-0.1, -0.05) is 6.92 Å². The second-order valence-corrected chi connectivity index (χ2v) is 2.96. The van der Waals surface area contributed by atoms with Gasteiger partial charge in [-0.25, -0.2) is 0 Å². The number of hydrogen-bond acceptors (Lipinski definition) is 2. The van der Waals surface area contributed by atoms with E-state index >= 15 is 0 Å². The number of rotatable bonds is 4. The van der Waals surface area contributed by atoms with Gasteiger partial charge < -0.3 is 9.90 Å². The topological polar surface area (TPSA) is 37.3 Å². The molecular formula is C8H16O2. The Kier molecular flexibility index (Phi) is 4.28. The predicted octanol–water partition coefficient (Wildman–Crippen LogP) is 1.37. The molecule has 0 fully saturated rings. The van der Waals surface area contributed by atoms with Crippen LogP contribution in [0.15, 0.2) is 0 Å². The summed E-state index contributed by atoms with van der Waals surface area (Å²) in [5.41, 5.74) is 0. The molecule has 0 unspecified atom stereocenters. The first-order chi connectivity index (χ1) is 4.54. The van der Waals surface area contributed by atoms with E-state index in [2.05, 4.69) is 0 Å². The van der Waals surface area contributed by atoms with Crippen LogP contribution < -0.4 is 0 Å². The maximum Gasteiger partial charge on any atom is 0.129 e. The van der Waals surface area contributed by atoms with Crippen LogP contribution in [0.4, 0.5) is 0 Å². The van der Waals surface area contributed by atoms with Crippen molar-refractivity contribution in [1.29, 1.82) is 0 Å². The van der Waals surface area contributed by atoms with Crippen molar-refractivity contribution in [2.24, 2.45) is 5.92 Å². The van der Waals surface area contributed by atoms with E-state index in [4.69, 9.17) is 5.11 Å². The minimum absolute atomic E-state index is 0.201. The minimum Gasteiger partial charge on any atom is -0.393 e. The van der Waals surface area contributed by atoms with Crippen molar-refractivity contribution >= 4 is 5.78 Å². The van der Waals surface area contributed by atoms with E-state index in [1.807, 2.05) is 6.92 Å². The van der Waals surface area contributed by atoms with E-state index in [0.29, 0.717) is 6.42 Å². The summed E-state index contributed by atoms with van der Waals surface area (Å²) in [6, 6.07) is 0. The standard InChI is InChI=1S/C8H16O2/c1-6(8(3)10)4-5-7(2)9/h6,8,10H,4-5H2,1-3H3/t6-,8-/m1/s1. The fourth-order valence-electron chi connectivity index (χ4n) is 0.672. The second-order valence-electron chi connectivity index (χ2n) is 2.96. The molecule has 0 aromatic rings. The van der Waals surface area contributed by atoms with Crippen LogP contribution in [0.25, 0.3) is 0 Å². The van der Waals surface area contributed by atoms with E-state index in [1.165, 1.54) is 0 Å². The highest BCUT2D eigenvalue weighted by molar-refractivity contribution is 5.75. The van der Waals surface area contributed by atoms with Crippen molar-refractivity contribution < 1.29 is 9.90 Å². The van der Waals surface area contributed by atoms with Crippen LogP contribution in [-0.4, -0.2) is 17.0 Å². The van der Waals surface area contributed by atoms with E-state index in [9.17, 15) is 4.79 Å². The highest BCUT2D eigenvalue weighted by Gasteiger charge is 2.08. The Labute approximate surface area is 62.2 Å². The molecule has 0 saturated heterocycles. The fraction of sp³-hybridized carbons (Fsp3) is 0.875. The summed E-state index contributed by atoms with van der Waals surface area (Å²) in [6.45, 7) is 5.28. The molecule has 0 amide bonds. The van der Waals surface area contributed by atoms with Gasteiger partial charge >= 0.3 is 0 Å². The van der Waals surface area contributed by atoms with Gasteiger partial charge in [0.1, 0.15) is 5.78 Å². The number of hydrogen-bond donors (Lipinski definition) is 1. The summed E-state index contributed by atoms with van der Waals surface area (Å²) >= 11 is 0. The van der Waals surface area contributed by atoms with Gasteiger partial charge in [0.2, 0.25) is 0 Å². The quantitative estimate of drug-likeness (QED) is 0.647. The van der Waals surface area contributed by atoms with Gasteiger partial charge in [-0.2, -0.15) is 0 Å². The molecule has 2 atom stereocenters. The Morgan fingerprint density at radius 1 is 1.50 bits per heavy atom. The van der Waals surface area contributed by atoms with Gasteiger partial charge in [0.05, 0.1) is 6.10 Å². The van der Waals surface area contributed by atoms with Gasteiger partial charge in [0, 0.05) is 6.42 Å². The first-order valence-corrected chi connectivity index (χ1v) is 3.71. The molecule has 2 nitrogen and oxygen atoms in total.